The molecule has 0 amide bonds. The van der Waals surface area contributed by atoms with E-state index in [1.807, 2.05) is 35.4 Å². The van der Waals surface area contributed by atoms with Gasteiger partial charge in [-0.3, -0.25) is 0 Å². The lowest BCUT2D eigenvalue weighted by molar-refractivity contribution is -0.185. The van der Waals surface area contributed by atoms with Crippen molar-refractivity contribution in [2.24, 2.45) is 0 Å². The van der Waals surface area contributed by atoms with Gasteiger partial charge in [0.15, 0.2) is 0 Å². The Hall–Kier alpha value is -1.02. The van der Waals surface area contributed by atoms with E-state index in [1.54, 1.807) is 0 Å². The largest absolute Gasteiger partial charge is 0.405 e. The lowest BCUT2D eigenvalue weighted by atomic mass is 10.00. The van der Waals surface area contributed by atoms with Crippen molar-refractivity contribution in [3.05, 3.63) is 30.3 Å². The maximum Gasteiger partial charge on any atom is 0.147 e. The number of hydrogen-bond donors (Lipinski definition) is 0. The molecule has 0 atom stereocenters. The van der Waals surface area contributed by atoms with Crippen LogP contribution in [0.1, 0.15) is 41.5 Å². The van der Waals surface area contributed by atoms with Crippen molar-refractivity contribution in [2.45, 2.75) is 52.6 Å². The van der Waals surface area contributed by atoms with Crippen LogP contribution >= 0.6 is 0 Å². The Morgan fingerprint density at radius 1 is 0.812 bits per heavy atom. The molecule has 0 saturated carbocycles. The molecule has 0 aliphatic carbocycles. The highest BCUT2D eigenvalue weighted by molar-refractivity contribution is 5.20. The summed E-state index contributed by atoms with van der Waals surface area (Å²) in [7, 11) is 0. The second kappa shape index (κ2) is 4.46. The molecule has 2 heteroatoms. The molecule has 0 spiro atoms. The van der Waals surface area contributed by atoms with Gasteiger partial charge in [0.05, 0.1) is 0 Å². The SMILES string of the molecule is CC(C)(C)N(Oc1ccccc1)C(C)(C)C. The molecule has 16 heavy (non-hydrogen) atoms. The average molecular weight is 221 g/mol. The van der Waals surface area contributed by atoms with Crippen molar-refractivity contribution < 1.29 is 4.84 Å². The van der Waals surface area contributed by atoms with E-state index in [0.29, 0.717) is 0 Å². The van der Waals surface area contributed by atoms with E-state index in [-0.39, 0.29) is 11.1 Å². The minimum absolute atomic E-state index is 0.0336. The fourth-order valence-electron chi connectivity index (χ4n) is 1.87. The lowest BCUT2D eigenvalue weighted by Gasteiger charge is -2.43. The molecular formula is C14H23NO. The normalized spacial score (nSPS) is 12.9. The van der Waals surface area contributed by atoms with E-state index in [9.17, 15) is 0 Å². The van der Waals surface area contributed by atoms with Gasteiger partial charge in [0, 0.05) is 11.1 Å². The summed E-state index contributed by atoms with van der Waals surface area (Å²) in [6.07, 6.45) is 0. The Balaban J connectivity index is 2.89. The van der Waals surface area contributed by atoms with Crippen molar-refractivity contribution in [3.63, 3.8) is 0 Å². The fraction of sp³-hybridized carbons (Fsp3) is 0.571. The van der Waals surface area contributed by atoms with Crippen LogP contribution in [0.4, 0.5) is 0 Å². The number of benzene rings is 1. The van der Waals surface area contributed by atoms with Crippen LogP contribution in [-0.4, -0.2) is 16.1 Å². The summed E-state index contributed by atoms with van der Waals surface area (Å²) in [5, 5.41) is 2.04. The van der Waals surface area contributed by atoms with Crippen molar-refractivity contribution in [2.75, 3.05) is 0 Å². The van der Waals surface area contributed by atoms with E-state index in [4.69, 9.17) is 4.84 Å². The topological polar surface area (TPSA) is 12.5 Å². The van der Waals surface area contributed by atoms with Crippen LogP contribution in [-0.2, 0) is 0 Å². The second-order valence-corrected chi connectivity index (χ2v) is 6.04. The number of rotatable bonds is 2. The molecule has 0 unspecified atom stereocenters. The van der Waals surface area contributed by atoms with Gasteiger partial charge in [-0.05, 0) is 53.7 Å². The highest BCUT2D eigenvalue weighted by Gasteiger charge is 2.33. The summed E-state index contributed by atoms with van der Waals surface area (Å²) in [5.74, 6) is 0.882. The first-order valence-electron chi connectivity index (χ1n) is 5.74. The molecule has 0 radical (unpaired) electrons. The Labute approximate surface area is 99.2 Å². The highest BCUT2D eigenvalue weighted by Crippen LogP contribution is 2.26. The molecule has 1 aromatic carbocycles. The molecular weight excluding hydrogens is 198 g/mol. The van der Waals surface area contributed by atoms with E-state index in [0.717, 1.165) is 5.75 Å². The predicted octanol–water partition coefficient (Wildman–Crippen LogP) is 3.88. The van der Waals surface area contributed by atoms with E-state index >= 15 is 0 Å². The smallest absolute Gasteiger partial charge is 0.147 e. The highest BCUT2D eigenvalue weighted by atomic mass is 16.7. The van der Waals surface area contributed by atoms with Crippen molar-refractivity contribution in [1.29, 1.82) is 0 Å². The number of hydroxylamine groups is 2. The monoisotopic (exact) mass is 221 g/mol. The second-order valence-electron chi connectivity index (χ2n) is 6.04. The van der Waals surface area contributed by atoms with Crippen LogP contribution in [0.3, 0.4) is 0 Å². The van der Waals surface area contributed by atoms with Gasteiger partial charge in [0.1, 0.15) is 5.75 Å². The first-order valence-corrected chi connectivity index (χ1v) is 5.74. The third-order valence-electron chi connectivity index (χ3n) is 2.16. The predicted molar refractivity (Wildman–Crippen MR) is 68.4 cm³/mol. The van der Waals surface area contributed by atoms with E-state index < -0.39 is 0 Å². The van der Waals surface area contributed by atoms with Gasteiger partial charge in [-0.2, -0.15) is 0 Å². The van der Waals surface area contributed by atoms with E-state index in [2.05, 4.69) is 41.5 Å². The number of nitrogens with zero attached hydrogens (tertiary/aromatic N) is 1. The summed E-state index contributed by atoms with van der Waals surface area (Å²) in [6, 6.07) is 9.91. The maximum absolute atomic E-state index is 5.98. The lowest BCUT2D eigenvalue weighted by Crippen LogP contribution is -2.54. The first-order chi connectivity index (χ1) is 7.21. The summed E-state index contributed by atoms with van der Waals surface area (Å²) in [5.41, 5.74) is -0.0673. The molecule has 0 aliphatic rings. The number of para-hydroxylation sites is 1. The molecule has 2 nitrogen and oxygen atoms in total. The molecule has 0 aromatic heterocycles. The van der Waals surface area contributed by atoms with Gasteiger partial charge in [0.2, 0.25) is 0 Å². The maximum atomic E-state index is 5.98. The Morgan fingerprint density at radius 3 is 1.62 bits per heavy atom. The van der Waals surface area contributed by atoms with Crippen LogP contribution < -0.4 is 4.84 Å². The van der Waals surface area contributed by atoms with Crippen molar-refractivity contribution in [1.82, 2.24) is 5.06 Å². The summed E-state index contributed by atoms with van der Waals surface area (Å²) in [6.45, 7) is 12.9. The summed E-state index contributed by atoms with van der Waals surface area (Å²) < 4.78 is 0. The van der Waals surface area contributed by atoms with Crippen molar-refractivity contribution >= 4 is 0 Å². The van der Waals surface area contributed by atoms with Crippen LogP contribution in [0, 0.1) is 0 Å². The molecule has 0 bridgehead atoms. The zero-order valence-corrected chi connectivity index (χ0v) is 11.2. The molecule has 90 valence electrons. The molecule has 0 aliphatic heterocycles. The van der Waals surface area contributed by atoms with Crippen LogP contribution in [0.25, 0.3) is 0 Å². The zero-order valence-electron chi connectivity index (χ0n) is 11.2. The molecule has 0 N–H and O–H groups in total. The Bertz CT molecular complexity index is 305. The van der Waals surface area contributed by atoms with Gasteiger partial charge in [0.25, 0.3) is 0 Å². The van der Waals surface area contributed by atoms with Gasteiger partial charge in [-0.1, -0.05) is 18.2 Å². The Kier molecular flexibility index (Phi) is 3.64. The Morgan fingerprint density at radius 2 is 1.25 bits per heavy atom. The molecule has 0 fully saturated rings. The van der Waals surface area contributed by atoms with Gasteiger partial charge >= 0.3 is 0 Å². The third kappa shape index (κ3) is 3.53. The van der Waals surface area contributed by atoms with Crippen LogP contribution in [0.15, 0.2) is 30.3 Å². The quantitative estimate of drug-likeness (QED) is 0.703. The molecule has 0 saturated heterocycles. The zero-order chi connectivity index (χ0) is 12.4. The van der Waals surface area contributed by atoms with Gasteiger partial charge in [-0.15, -0.1) is 5.06 Å². The van der Waals surface area contributed by atoms with Gasteiger partial charge in [-0.25, -0.2) is 0 Å². The summed E-state index contributed by atoms with van der Waals surface area (Å²) >= 11 is 0. The minimum Gasteiger partial charge on any atom is -0.405 e. The van der Waals surface area contributed by atoms with Crippen molar-refractivity contribution in [3.8, 4) is 5.75 Å². The van der Waals surface area contributed by atoms with E-state index in [1.165, 1.54) is 0 Å². The molecule has 0 heterocycles. The first kappa shape index (κ1) is 13.0. The van der Waals surface area contributed by atoms with Crippen LogP contribution in [0.5, 0.6) is 5.75 Å². The third-order valence-corrected chi connectivity index (χ3v) is 2.16. The minimum atomic E-state index is -0.0336. The molecule has 1 rings (SSSR count). The van der Waals surface area contributed by atoms with Crippen LogP contribution in [0.2, 0.25) is 0 Å². The average Bonchev–Trinajstić information content (AvgIpc) is 2.12. The standard InChI is InChI=1S/C14H23NO/c1-13(2,3)15(14(4,5)6)16-12-10-8-7-9-11-12/h7-11H,1-6H3. The fourth-order valence-corrected chi connectivity index (χ4v) is 1.87. The molecule has 1 aromatic rings. The summed E-state index contributed by atoms with van der Waals surface area (Å²) in [4.78, 5) is 5.98. The van der Waals surface area contributed by atoms with Gasteiger partial charge < -0.3 is 4.84 Å². The number of hydrogen-bond acceptors (Lipinski definition) is 2.